The number of hydrogen-bond donors (Lipinski definition) is 2. The predicted octanol–water partition coefficient (Wildman–Crippen LogP) is 3.47. The molecule has 88 valence electrons. The van der Waals surface area contributed by atoms with E-state index in [1.165, 1.54) is 18.2 Å². The first kappa shape index (κ1) is 16.6. The molecule has 0 atom stereocenters. The molecule has 2 nitrogen and oxygen atoms in total. The van der Waals surface area contributed by atoms with Crippen LogP contribution in [0.15, 0.2) is 18.2 Å². The van der Waals surface area contributed by atoms with Gasteiger partial charge < -0.3 is 10.8 Å². The quantitative estimate of drug-likeness (QED) is 0.677. The van der Waals surface area contributed by atoms with Gasteiger partial charge in [0, 0.05) is 11.8 Å². The van der Waals surface area contributed by atoms with Crippen molar-refractivity contribution in [3.8, 4) is 0 Å². The number of aliphatic hydroxyl groups is 1. The average Bonchev–Trinajstić information content (AvgIpc) is 2.14. The van der Waals surface area contributed by atoms with Crippen LogP contribution in [0.25, 0.3) is 0 Å². The Morgan fingerprint density at radius 1 is 1.33 bits per heavy atom. The number of rotatable bonds is 0. The monoisotopic (exact) mass is 235 g/mol. The van der Waals surface area contributed by atoms with Crippen LogP contribution in [0.2, 0.25) is 5.02 Å². The number of anilines is 1. The molecule has 0 aliphatic rings. The second-order valence-corrected chi connectivity index (χ2v) is 3.17. The van der Waals surface area contributed by atoms with Gasteiger partial charge >= 0.3 is 0 Å². The van der Waals surface area contributed by atoms with Crippen LogP contribution in [0.1, 0.15) is 27.7 Å². The van der Waals surface area contributed by atoms with Crippen molar-refractivity contribution >= 4 is 17.3 Å². The Morgan fingerprint density at radius 2 is 1.73 bits per heavy atom. The van der Waals surface area contributed by atoms with Gasteiger partial charge in [-0.1, -0.05) is 25.4 Å². The number of nitrogens with two attached hydrogens (primary N) is 1. The minimum atomic E-state index is -0.439. The summed E-state index contributed by atoms with van der Waals surface area (Å²) >= 11 is 5.36. The van der Waals surface area contributed by atoms with Crippen molar-refractivity contribution in [1.29, 1.82) is 0 Å². The summed E-state index contributed by atoms with van der Waals surface area (Å²) in [6.07, 6.45) is -0.167. The van der Waals surface area contributed by atoms with Gasteiger partial charge in [-0.15, -0.1) is 0 Å². The largest absolute Gasteiger partial charge is 0.399 e. The molecule has 0 saturated carbocycles. The molecule has 3 N–H and O–H groups in total. The first-order valence-electron chi connectivity index (χ1n) is 4.82. The number of benzene rings is 1. The molecule has 0 radical (unpaired) electrons. The lowest BCUT2D eigenvalue weighted by Crippen LogP contribution is -1.85. The van der Waals surface area contributed by atoms with E-state index in [-0.39, 0.29) is 11.1 Å². The highest BCUT2D eigenvalue weighted by Crippen LogP contribution is 2.16. The fourth-order valence-corrected chi connectivity index (χ4v) is 0.701. The Balaban J connectivity index is 0. The molecule has 0 saturated heterocycles. The molecule has 0 aromatic heterocycles. The van der Waals surface area contributed by atoms with Crippen molar-refractivity contribution < 1.29 is 9.50 Å². The maximum atomic E-state index is 12.3. The van der Waals surface area contributed by atoms with E-state index in [9.17, 15) is 4.39 Å². The molecular weight excluding hydrogens is 217 g/mol. The lowest BCUT2D eigenvalue weighted by atomic mass is 10.3. The molecule has 0 spiro atoms. The molecule has 0 fully saturated rings. The fraction of sp³-hybridized carbons (Fsp3) is 0.455. The highest BCUT2D eigenvalue weighted by molar-refractivity contribution is 6.31. The van der Waals surface area contributed by atoms with E-state index in [1.54, 1.807) is 13.8 Å². The minimum Gasteiger partial charge on any atom is -0.399 e. The second-order valence-electron chi connectivity index (χ2n) is 2.77. The van der Waals surface area contributed by atoms with E-state index in [2.05, 4.69) is 0 Å². The first-order valence-corrected chi connectivity index (χ1v) is 5.20. The van der Waals surface area contributed by atoms with Gasteiger partial charge in [-0.25, -0.2) is 4.39 Å². The highest BCUT2D eigenvalue weighted by Gasteiger charge is 1.95. The summed E-state index contributed by atoms with van der Waals surface area (Å²) in [6, 6.07) is 4.07. The third kappa shape index (κ3) is 11.1. The molecule has 1 aromatic carbocycles. The van der Waals surface area contributed by atoms with Gasteiger partial charge in [0.15, 0.2) is 0 Å². The van der Waals surface area contributed by atoms with E-state index in [0.29, 0.717) is 5.69 Å². The normalized spacial score (nSPS) is 8.53. The Morgan fingerprint density at radius 3 is 2.00 bits per heavy atom. The summed E-state index contributed by atoms with van der Waals surface area (Å²) < 4.78 is 12.3. The van der Waals surface area contributed by atoms with Crippen LogP contribution in [0.4, 0.5) is 10.1 Å². The van der Waals surface area contributed by atoms with E-state index < -0.39 is 5.82 Å². The average molecular weight is 236 g/mol. The predicted molar refractivity (Wildman–Crippen MR) is 64.5 cm³/mol. The van der Waals surface area contributed by atoms with Crippen molar-refractivity contribution in [3.05, 3.63) is 29.0 Å². The van der Waals surface area contributed by atoms with Crippen LogP contribution in [-0.2, 0) is 0 Å². The van der Waals surface area contributed by atoms with Crippen LogP contribution < -0.4 is 5.73 Å². The molecule has 0 aliphatic heterocycles. The minimum absolute atomic E-state index is 0.0648. The first-order chi connectivity index (χ1) is 6.93. The summed E-state index contributed by atoms with van der Waals surface area (Å²) in [6.45, 7) is 7.44. The molecule has 15 heavy (non-hydrogen) atoms. The van der Waals surface area contributed by atoms with Crippen molar-refractivity contribution in [3.63, 3.8) is 0 Å². The maximum Gasteiger partial charge on any atom is 0.141 e. The number of nitrogen functional groups attached to an aromatic ring is 1. The van der Waals surface area contributed by atoms with E-state index in [1.807, 2.05) is 13.8 Å². The summed E-state index contributed by atoms with van der Waals surface area (Å²) in [5, 5.41) is 8.12. The van der Waals surface area contributed by atoms with Crippen LogP contribution in [0.3, 0.4) is 0 Å². The van der Waals surface area contributed by atoms with Gasteiger partial charge in [0.2, 0.25) is 0 Å². The summed E-state index contributed by atoms with van der Waals surface area (Å²) in [5.74, 6) is -0.439. The highest BCUT2D eigenvalue weighted by atomic mass is 35.5. The van der Waals surface area contributed by atoms with Crippen molar-refractivity contribution in [2.24, 2.45) is 0 Å². The number of aliphatic hydroxyl groups excluding tert-OH is 1. The molecule has 0 bridgehead atoms. The summed E-state index contributed by atoms with van der Waals surface area (Å²) in [5.41, 5.74) is 5.75. The fourth-order valence-electron chi connectivity index (χ4n) is 0.512. The van der Waals surface area contributed by atoms with Gasteiger partial charge in [-0.3, -0.25) is 0 Å². The van der Waals surface area contributed by atoms with Crippen LogP contribution >= 0.6 is 11.6 Å². The van der Waals surface area contributed by atoms with Crippen LogP contribution in [0.5, 0.6) is 0 Å². The number of hydrogen-bond acceptors (Lipinski definition) is 2. The molecular formula is C11H19ClFNO. The molecule has 4 heteroatoms. The van der Waals surface area contributed by atoms with E-state index in [4.69, 9.17) is 22.4 Å². The van der Waals surface area contributed by atoms with Crippen LogP contribution in [0, 0.1) is 5.82 Å². The molecule has 1 rings (SSSR count). The summed E-state index contributed by atoms with van der Waals surface area (Å²) in [7, 11) is 0. The lowest BCUT2D eigenvalue weighted by molar-refractivity contribution is 0.216. The zero-order valence-electron chi connectivity index (χ0n) is 9.59. The summed E-state index contributed by atoms with van der Waals surface area (Å²) in [4.78, 5) is 0. The Kier molecular flexibility index (Phi) is 10.8. The van der Waals surface area contributed by atoms with Gasteiger partial charge in [-0.2, -0.15) is 0 Å². The molecule has 0 amide bonds. The topological polar surface area (TPSA) is 46.2 Å². The van der Waals surface area contributed by atoms with Gasteiger partial charge in [0.05, 0.1) is 5.02 Å². The molecule has 0 aliphatic carbocycles. The molecule has 1 aromatic rings. The van der Waals surface area contributed by atoms with Crippen molar-refractivity contribution in [2.75, 3.05) is 5.73 Å². The Hall–Kier alpha value is -0.800. The Bertz CT molecular complexity index is 264. The second kappa shape index (κ2) is 9.74. The number of halogens is 2. The zero-order chi connectivity index (χ0) is 12.4. The van der Waals surface area contributed by atoms with Crippen molar-refractivity contribution in [1.82, 2.24) is 0 Å². The Labute approximate surface area is 95.9 Å². The molecule has 0 heterocycles. The lowest BCUT2D eigenvalue weighted by Gasteiger charge is -1.93. The van der Waals surface area contributed by atoms with Gasteiger partial charge in [-0.05, 0) is 32.0 Å². The van der Waals surface area contributed by atoms with Gasteiger partial charge in [0.1, 0.15) is 5.82 Å². The molecule has 0 unspecified atom stereocenters. The zero-order valence-corrected chi connectivity index (χ0v) is 10.3. The standard InChI is InChI=1S/C6H5ClFN.C3H8O.C2H6/c7-5-3-4(9)1-2-6(5)8;1-3(2)4;1-2/h1-3H,9H2;3-4H,1-2H3;1-2H3. The maximum absolute atomic E-state index is 12.3. The smallest absolute Gasteiger partial charge is 0.141 e. The van der Waals surface area contributed by atoms with Crippen molar-refractivity contribution in [2.45, 2.75) is 33.8 Å². The third-order valence-electron chi connectivity index (χ3n) is 0.944. The van der Waals surface area contributed by atoms with E-state index in [0.717, 1.165) is 0 Å². The SMILES string of the molecule is CC.CC(C)O.Nc1ccc(F)c(Cl)c1. The van der Waals surface area contributed by atoms with E-state index >= 15 is 0 Å². The van der Waals surface area contributed by atoms with Gasteiger partial charge in [0.25, 0.3) is 0 Å². The third-order valence-corrected chi connectivity index (χ3v) is 1.23. The van der Waals surface area contributed by atoms with Crippen LogP contribution in [-0.4, -0.2) is 11.2 Å².